The van der Waals surface area contributed by atoms with E-state index in [2.05, 4.69) is 6.92 Å². The second-order valence-electron chi connectivity index (χ2n) is 3.86. The van der Waals surface area contributed by atoms with E-state index in [0.717, 1.165) is 23.3 Å². The number of hydrogen-bond acceptors (Lipinski definition) is 3. The molecule has 1 unspecified atom stereocenters. The molecule has 0 spiro atoms. The number of aryl methyl sites for hydroxylation is 1. The molecule has 0 heterocycles. The zero-order valence-corrected chi connectivity index (χ0v) is 9.58. The van der Waals surface area contributed by atoms with Crippen LogP contribution in [-0.2, 0) is 0 Å². The summed E-state index contributed by atoms with van der Waals surface area (Å²) in [6, 6.07) is 3.63. The highest BCUT2D eigenvalue weighted by Gasteiger charge is 2.12. The lowest BCUT2D eigenvalue weighted by Crippen LogP contribution is -2.05. The number of nitrogens with two attached hydrogens (primary N) is 1. The van der Waals surface area contributed by atoms with Gasteiger partial charge in [-0.1, -0.05) is 6.92 Å². The molecule has 3 N–H and O–H groups in total. The lowest BCUT2D eigenvalue weighted by molar-refractivity contribution is 0.406. The van der Waals surface area contributed by atoms with Crippen molar-refractivity contribution in [2.75, 3.05) is 13.7 Å². The van der Waals surface area contributed by atoms with Gasteiger partial charge < -0.3 is 15.6 Å². The molecule has 0 fully saturated rings. The summed E-state index contributed by atoms with van der Waals surface area (Å²) in [5, 5.41) is 9.81. The third-order valence-corrected chi connectivity index (χ3v) is 2.67. The Hall–Kier alpha value is -1.22. The number of rotatable bonds is 4. The third-order valence-electron chi connectivity index (χ3n) is 2.67. The topological polar surface area (TPSA) is 55.5 Å². The monoisotopic (exact) mass is 209 g/mol. The zero-order chi connectivity index (χ0) is 11.4. The summed E-state index contributed by atoms with van der Waals surface area (Å²) < 4.78 is 5.23. The van der Waals surface area contributed by atoms with E-state index in [0.29, 0.717) is 12.3 Å². The highest BCUT2D eigenvalue weighted by Crippen LogP contribution is 2.33. The molecule has 1 aromatic carbocycles. The molecule has 3 heteroatoms. The molecule has 1 atom stereocenters. The Morgan fingerprint density at radius 2 is 2.13 bits per heavy atom. The van der Waals surface area contributed by atoms with Gasteiger partial charge in [0.05, 0.1) is 7.11 Å². The van der Waals surface area contributed by atoms with Gasteiger partial charge in [0.15, 0.2) is 0 Å². The molecular formula is C12H19NO2. The van der Waals surface area contributed by atoms with Gasteiger partial charge in [-0.05, 0) is 43.5 Å². The fourth-order valence-corrected chi connectivity index (χ4v) is 1.71. The predicted octanol–water partition coefficient (Wildman–Crippen LogP) is 2.16. The van der Waals surface area contributed by atoms with Crippen molar-refractivity contribution in [3.05, 3.63) is 23.3 Å². The molecule has 0 saturated carbocycles. The summed E-state index contributed by atoms with van der Waals surface area (Å²) in [7, 11) is 1.64. The van der Waals surface area contributed by atoms with E-state index in [1.165, 1.54) is 0 Å². The van der Waals surface area contributed by atoms with Crippen LogP contribution in [0.2, 0.25) is 0 Å². The van der Waals surface area contributed by atoms with Crippen molar-refractivity contribution in [2.45, 2.75) is 26.2 Å². The summed E-state index contributed by atoms with van der Waals surface area (Å²) in [5.74, 6) is 1.39. The summed E-state index contributed by atoms with van der Waals surface area (Å²) in [6.07, 6.45) is 0.861. The molecule has 0 aliphatic rings. The molecule has 0 saturated heterocycles. The van der Waals surface area contributed by atoms with Crippen molar-refractivity contribution in [2.24, 2.45) is 5.73 Å². The van der Waals surface area contributed by atoms with Crippen molar-refractivity contribution >= 4 is 0 Å². The Morgan fingerprint density at radius 1 is 1.47 bits per heavy atom. The van der Waals surface area contributed by atoms with E-state index in [9.17, 15) is 5.11 Å². The van der Waals surface area contributed by atoms with Gasteiger partial charge in [0, 0.05) is 5.56 Å². The fourth-order valence-electron chi connectivity index (χ4n) is 1.71. The van der Waals surface area contributed by atoms with Crippen molar-refractivity contribution in [1.82, 2.24) is 0 Å². The number of benzene rings is 1. The van der Waals surface area contributed by atoms with Crippen LogP contribution in [0.1, 0.15) is 30.4 Å². The zero-order valence-electron chi connectivity index (χ0n) is 9.58. The van der Waals surface area contributed by atoms with Gasteiger partial charge in [-0.25, -0.2) is 0 Å². The molecule has 3 nitrogen and oxygen atoms in total. The van der Waals surface area contributed by atoms with Gasteiger partial charge in [-0.15, -0.1) is 0 Å². The van der Waals surface area contributed by atoms with Gasteiger partial charge >= 0.3 is 0 Å². The highest BCUT2D eigenvalue weighted by atomic mass is 16.5. The van der Waals surface area contributed by atoms with Gasteiger partial charge in [-0.3, -0.25) is 0 Å². The van der Waals surface area contributed by atoms with Crippen LogP contribution in [0.5, 0.6) is 11.5 Å². The molecule has 15 heavy (non-hydrogen) atoms. The molecule has 0 aromatic heterocycles. The van der Waals surface area contributed by atoms with Crippen LogP contribution < -0.4 is 10.5 Å². The maximum Gasteiger partial charge on any atom is 0.122 e. The van der Waals surface area contributed by atoms with Crippen molar-refractivity contribution in [3.8, 4) is 11.5 Å². The quantitative estimate of drug-likeness (QED) is 0.799. The minimum absolute atomic E-state index is 0.254. The van der Waals surface area contributed by atoms with E-state index >= 15 is 0 Å². The second kappa shape index (κ2) is 5.03. The van der Waals surface area contributed by atoms with E-state index in [-0.39, 0.29) is 5.92 Å². The number of methoxy groups -OCH3 is 1. The SMILES string of the molecule is COc1cc(C(C)CCN)c(O)cc1C. The van der Waals surface area contributed by atoms with Crippen molar-refractivity contribution < 1.29 is 9.84 Å². The maximum absolute atomic E-state index is 9.81. The molecule has 84 valence electrons. The normalized spacial score (nSPS) is 12.5. The van der Waals surface area contributed by atoms with E-state index in [4.69, 9.17) is 10.5 Å². The maximum atomic E-state index is 9.81. The van der Waals surface area contributed by atoms with Crippen LogP contribution in [0.4, 0.5) is 0 Å². The molecule has 0 bridgehead atoms. The number of hydrogen-bond donors (Lipinski definition) is 2. The average molecular weight is 209 g/mol. The Labute approximate surface area is 90.9 Å². The Balaban J connectivity index is 3.06. The molecule has 0 aliphatic heterocycles. The van der Waals surface area contributed by atoms with Crippen molar-refractivity contribution in [3.63, 3.8) is 0 Å². The first-order valence-electron chi connectivity index (χ1n) is 5.17. The first-order chi connectivity index (χ1) is 7.10. The smallest absolute Gasteiger partial charge is 0.122 e. The molecule has 0 aliphatic carbocycles. The molecule has 1 rings (SSSR count). The molecular weight excluding hydrogens is 190 g/mol. The van der Waals surface area contributed by atoms with Crippen LogP contribution in [0, 0.1) is 6.92 Å². The Kier molecular flexibility index (Phi) is 3.97. The first kappa shape index (κ1) is 11.9. The first-order valence-corrected chi connectivity index (χ1v) is 5.17. The standard InChI is InChI=1S/C12H19NO2/c1-8(4-5-13)10-7-12(15-3)9(2)6-11(10)14/h6-8,14H,4-5,13H2,1-3H3. The van der Waals surface area contributed by atoms with Crippen LogP contribution in [0.15, 0.2) is 12.1 Å². The summed E-state index contributed by atoms with van der Waals surface area (Å²) in [4.78, 5) is 0. The lowest BCUT2D eigenvalue weighted by Gasteiger charge is -2.15. The number of phenols is 1. The van der Waals surface area contributed by atoms with E-state index < -0.39 is 0 Å². The predicted molar refractivity (Wildman–Crippen MR) is 61.5 cm³/mol. The third kappa shape index (κ3) is 2.63. The average Bonchev–Trinajstić information content (AvgIpc) is 2.18. The Bertz CT molecular complexity index is 337. The Morgan fingerprint density at radius 3 is 2.67 bits per heavy atom. The number of aromatic hydroxyl groups is 1. The number of ether oxygens (including phenoxy) is 1. The van der Waals surface area contributed by atoms with Crippen LogP contribution in [-0.4, -0.2) is 18.8 Å². The molecule has 1 aromatic rings. The minimum atomic E-state index is 0.254. The van der Waals surface area contributed by atoms with E-state index in [1.54, 1.807) is 13.2 Å². The summed E-state index contributed by atoms with van der Waals surface area (Å²) in [6.45, 7) is 4.59. The minimum Gasteiger partial charge on any atom is -0.508 e. The second-order valence-corrected chi connectivity index (χ2v) is 3.86. The van der Waals surface area contributed by atoms with Crippen molar-refractivity contribution in [1.29, 1.82) is 0 Å². The number of phenolic OH excluding ortho intramolecular Hbond substituents is 1. The lowest BCUT2D eigenvalue weighted by atomic mass is 9.95. The molecule has 0 amide bonds. The van der Waals surface area contributed by atoms with Gasteiger partial charge in [-0.2, -0.15) is 0 Å². The van der Waals surface area contributed by atoms with E-state index in [1.807, 2.05) is 13.0 Å². The largest absolute Gasteiger partial charge is 0.508 e. The van der Waals surface area contributed by atoms with Crippen LogP contribution in [0.25, 0.3) is 0 Å². The molecule has 0 radical (unpaired) electrons. The van der Waals surface area contributed by atoms with Crippen LogP contribution in [0.3, 0.4) is 0 Å². The fraction of sp³-hybridized carbons (Fsp3) is 0.500. The van der Waals surface area contributed by atoms with Gasteiger partial charge in [0.1, 0.15) is 11.5 Å². The highest BCUT2D eigenvalue weighted by molar-refractivity contribution is 5.46. The summed E-state index contributed by atoms with van der Waals surface area (Å²) >= 11 is 0. The van der Waals surface area contributed by atoms with Gasteiger partial charge in [0.25, 0.3) is 0 Å². The van der Waals surface area contributed by atoms with Crippen LogP contribution >= 0.6 is 0 Å². The summed E-state index contributed by atoms with van der Waals surface area (Å²) in [5.41, 5.74) is 7.35. The van der Waals surface area contributed by atoms with Gasteiger partial charge in [0.2, 0.25) is 0 Å².